The van der Waals surface area contributed by atoms with Gasteiger partial charge in [0.15, 0.2) is 0 Å². The molecule has 1 atom stereocenters. The van der Waals surface area contributed by atoms with Gasteiger partial charge in [0.1, 0.15) is 11.6 Å². The third-order valence-electron chi connectivity index (χ3n) is 3.35. The summed E-state index contributed by atoms with van der Waals surface area (Å²) < 4.78 is 2.30. The zero-order valence-corrected chi connectivity index (χ0v) is 12.1. The van der Waals surface area contributed by atoms with Crippen molar-refractivity contribution >= 4 is 15.9 Å². The Morgan fingerprint density at radius 2 is 2.06 bits per heavy atom. The maximum Gasteiger partial charge on any atom is 0.143 e. The number of halogens is 1. The molecule has 90 valence electrons. The average molecular weight is 286 g/mol. The first-order chi connectivity index (χ1) is 7.45. The second kappa shape index (κ2) is 4.13. The van der Waals surface area contributed by atoms with E-state index in [1.54, 1.807) is 0 Å². The molecule has 0 radical (unpaired) electrons. The topological polar surface area (TPSA) is 30.7 Å². The van der Waals surface area contributed by atoms with Crippen LogP contribution < -0.4 is 0 Å². The van der Waals surface area contributed by atoms with E-state index in [0.717, 1.165) is 17.7 Å². The molecule has 0 saturated heterocycles. The predicted octanol–water partition coefficient (Wildman–Crippen LogP) is 3.34. The highest BCUT2D eigenvalue weighted by atomic mass is 79.9. The second-order valence-electron chi connectivity index (χ2n) is 5.86. The minimum absolute atomic E-state index is 0.422. The van der Waals surface area contributed by atoms with E-state index in [1.807, 2.05) is 0 Å². The average Bonchev–Trinajstić information content (AvgIpc) is 2.65. The molecule has 3 nitrogen and oxygen atoms in total. The van der Waals surface area contributed by atoms with Crippen LogP contribution in [-0.4, -0.2) is 14.8 Å². The lowest BCUT2D eigenvalue weighted by Gasteiger charge is -2.12. The van der Waals surface area contributed by atoms with Crippen molar-refractivity contribution in [3.8, 4) is 0 Å². The summed E-state index contributed by atoms with van der Waals surface area (Å²) in [6, 6.07) is 0. The van der Waals surface area contributed by atoms with Gasteiger partial charge in [-0.2, -0.15) is 0 Å². The number of rotatable bonds is 4. The summed E-state index contributed by atoms with van der Waals surface area (Å²) >= 11 is 3.49. The Bertz CT molecular complexity index is 382. The molecule has 1 aliphatic rings. The summed E-state index contributed by atoms with van der Waals surface area (Å²) in [5.41, 5.74) is 0.422. The van der Waals surface area contributed by atoms with Gasteiger partial charge in [0.2, 0.25) is 0 Å². The van der Waals surface area contributed by atoms with Crippen molar-refractivity contribution in [3.63, 3.8) is 0 Å². The highest BCUT2D eigenvalue weighted by molar-refractivity contribution is 9.08. The first-order valence-corrected chi connectivity index (χ1v) is 7.06. The van der Waals surface area contributed by atoms with E-state index in [9.17, 15) is 0 Å². The number of aromatic nitrogens is 3. The smallest absolute Gasteiger partial charge is 0.143 e. The number of hydrogen-bond donors (Lipinski definition) is 0. The fourth-order valence-corrected chi connectivity index (χ4v) is 2.59. The Labute approximate surface area is 106 Å². The van der Waals surface area contributed by atoms with Crippen LogP contribution in [0.2, 0.25) is 0 Å². The van der Waals surface area contributed by atoms with Crippen LogP contribution in [0.3, 0.4) is 0 Å². The van der Waals surface area contributed by atoms with Crippen LogP contribution in [0.1, 0.15) is 51.7 Å². The summed E-state index contributed by atoms with van der Waals surface area (Å²) in [4.78, 5) is 0. The Kier molecular flexibility index (Phi) is 3.12. The van der Waals surface area contributed by atoms with E-state index in [4.69, 9.17) is 0 Å². The molecule has 4 heteroatoms. The zero-order valence-electron chi connectivity index (χ0n) is 10.5. The van der Waals surface area contributed by atoms with Crippen molar-refractivity contribution < 1.29 is 0 Å². The molecule has 1 heterocycles. The third-order valence-corrected chi connectivity index (χ3v) is 3.85. The summed E-state index contributed by atoms with van der Waals surface area (Å²) in [6.45, 7) is 10.1. The maximum absolute atomic E-state index is 4.38. The van der Waals surface area contributed by atoms with Gasteiger partial charge in [0, 0.05) is 12.5 Å². The Hall–Kier alpha value is -0.380. The van der Waals surface area contributed by atoms with Gasteiger partial charge >= 0.3 is 0 Å². The van der Waals surface area contributed by atoms with Crippen LogP contribution in [0.4, 0.5) is 0 Å². The monoisotopic (exact) mass is 285 g/mol. The lowest BCUT2D eigenvalue weighted by Crippen LogP contribution is -2.11. The number of nitrogens with zero attached hydrogens (tertiary/aromatic N) is 3. The van der Waals surface area contributed by atoms with Gasteiger partial charge in [-0.1, -0.05) is 43.6 Å². The van der Waals surface area contributed by atoms with Crippen LogP contribution in [-0.2, 0) is 11.9 Å². The fourth-order valence-electron chi connectivity index (χ4n) is 2.18. The second-order valence-corrected chi connectivity index (χ2v) is 6.42. The van der Waals surface area contributed by atoms with Crippen LogP contribution in [0.25, 0.3) is 0 Å². The van der Waals surface area contributed by atoms with Gasteiger partial charge in [0.25, 0.3) is 0 Å². The van der Waals surface area contributed by atoms with Gasteiger partial charge in [0.05, 0.1) is 5.33 Å². The lowest BCUT2D eigenvalue weighted by atomic mass is 10.1. The SMILES string of the molecule is CC(C)Cn1c(CBr)nnc1C1CC1(C)C. The minimum atomic E-state index is 0.422. The van der Waals surface area contributed by atoms with Crippen molar-refractivity contribution in [3.05, 3.63) is 11.6 Å². The van der Waals surface area contributed by atoms with Gasteiger partial charge < -0.3 is 4.57 Å². The van der Waals surface area contributed by atoms with Gasteiger partial charge in [-0.15, -0.1) is 10.2 Å². The maximum atomic E-state index is 4.38. The van der Waals surface area contributed by atoms with E-state index < -0.39 is 0 Å². The molecule has 1 aromatic rings. The molecule has 1 unspecified atom stereocenters. The molecule has 0 aromatic carbocycles. The minimum Gasteiger partial charge on any atom is -0.314 e. The number of hydrogen-bond acceptors (Lipinski definition) is 2. The van der Waals surface area contributed by atoms with Crippen LogP contribution in [0.15, 0.2) is 0 Å². The number of alkyl halides is 1. The molecule has 0 aliphatic heterocycles. The summed E-state index contributed by atoms with van der Waals surface area (Å²) in [5.74, 6) is 3.49. The van der Waals surface area contributed by atoms with E-state index >= 15 is 0 Å². The molecule has 1 aromatic heterocycles. The van der Waals surface area contributed by atoms with Gasteiger partial charge in [-0.05, 0) is 17.8 Å². The van der Waals surface area contributed by atoms with E-state index in [-0.39, 0.29) is 0 Å². The molecule has 0 amide bonds. The molecule has 16 heavy (non-hydrogen) atoms. The van der Waals surface area contributed by atoms with E-state index in [2.05, 4.69) is 58.4 Å². The molecule has 1 aliphatic carbocycles. The largest absolute Gasteiger partial charge is 0.314 e. The van der Waals surface area contributed by atoms with Crippen LogP contribution in [0, 0.1) is 11.3 Å². The van der Waals surface area contributed by atoms with Gasteiger partial charge in [-0.25, -0.2) is 0 Å². The first kappa shape index (κ1) is 12.1. The molecular weight excluding hydrogens is 266 g/mol. The Morgan fingerprint density at radius 1 is 1.44 bits per heavy atom. The van der Waals surface area contributed by atoms with Crippen molar-refractivity contribution in [1.29, 1.82) is 0 Å². The standard InChI is InChI=1S/C12H20BrN3/c1-8(2)7-16-10(6-13)14-15-11(16)9-5-12(9,3)4/h8-9H,5-7H2,1-4H3. The quantitative estimate of drug-likeness (QED) is 0.795. The first-order valence-electron chi connectivity index (χ1n) is 5.93. The molecule has 0 bridgehead atoms. The molecule has 2 rings (SSSR count). The normalized spacial score (nSPS) is 22.8. The molecule has 0 N–H and O–H groups in total. The zero-order chi connectivity index (χ0) is 11.9. The lowest BCUT2D eigenvalue weighted by molar-refractivity contribution is 0.487. The fraction of sp³-hybridized carbons (Fsp3) is 0.833. The highest BCUT2D eigenvalue weighted by Crippen LogP contribution is 2.58. The molecule has 1 saturated carbocycles. The van der Waals surface area contributed by atoms with E-state index in [0.29, 0.717) is 17.3 Å². The Balaban J connectivity index is 2.28. The van der Waals surface area contributed by atoms with Crippen molar-refractivity contribution in [1.82, 2.24) is 14.8 Å². The Morgan fingerprint density at radius 3 is 2.50 bits per heavy atom. The molecule has 1 fully saturated rings. The van der Waals surface area contributed by atoms with Crippen molar-refractivity contribution in [2.24, 2.45) is 11.3 Å². The van der Waals surface area contributed by atoms with Crippen LogP contribution >= 0.6 is 15.9 Å². The summed E-state index contributed by atoms with van der Waals surface area (Å²) in [6.07, 6.45) is 1.24. The summed E-state index contributed by atoms with van der Waals surface area (Å²) in [5, 5.41) is 9.45. The van der Waals surface area contributed by atoms with Crippen LogP contribution in [0.5, 0.6) is 0 Å². The molecule has 0 spiro atoms. The van der Waals surface area contributed by atoms with Crippen molar-refractivity contribution in [2.75, 3.05) is 0 Å². The van der Waals surface area contributed by atoms with Gasteiger partial charge in [-0.3, -0.25) is 0 Å². The third kappa shape index (κ3) is 2.17. The van der Waals surface area contributed by atoms with Crippen molar-refractivity contribution in [2.45, 2.75) is 51.9 Å². The predicted molar refractivity (Wildman–Crippen MR) is 68.6 cm³/mol. The highest BCUT2D eigenvalue weighted by Gasteiger charge is 2.49. The summed E-state index contributed by atoms with van der Waals surface area (Å²) in [7, 11) is 0. The van der Waals surface area contributed by atoms with E-state index in [1.165, 1.54) is 12.2 Å². The molecular formula is C12H20BrN3.